The first-order chi connectivity index (χ1) is 14.0. The maximum atomic E-state index is 13.1. The number of rotatable bonds is 5. The molecule has 5 nitrogen and oxygen atoms in total. The molecule has 29 heavy (non-hydrogen) atoms. The molecule has 0 saturated carbocycles. The second-order valence-electron chi connectivity index (χ2n) is 7.39. The van der Waals surface area contributed by atoms with Crippen LogP contribution in [0.3, 0.4) is 0 Å². The summed E-state index contributed by atoms with van der Waals surface area (Å²) < 4.78 is 13.1. The number of carbonyl (C=O) groups excluding carboxylic acids is 1. The molecular weight excluding hydrogens is 387 g/mol. The van der Waals surface area contributed by atoms with Crippen molar-refractivity contribution in [2.75, 3.05) is 11.9 Å². The van der Waals surface area contributed by atoms with Crippen molar-refractivity contribution in [2.24, 2.45) is 0 Å². The molecule has 7 heteroatoms. The van der Waals surface area contributed by atoms with Crippen LogP contribution in [-0.2, 0) is 11.2 Å². The van der Waals surface area contributed by atoms with Crippen molar-refractivity contribution in [1.82, 2.24) is 14.9 Å². The van der Waals surface area contributed by atoms with E-state index in [2.05, 4.69) is 10.3 Å². The number of thiazole rings is 1. The number of hydrogen-bond donors (Lipinski definition) is 1. The molecule has 0 radical (unpaired) electrons. The van der Waals surface area contributed by atoms with Gasteiger partial charge in [-0.2, -0.15) is 0 Å². The molecule has 1 fully saturated rings. The van der Waals surface area contributed by atoms with Gasteiger partial charge in [-0.1, -0.05) is 12.1 Å². The van der Waals surface area contributed by atoms with Gasteiger partial charge in [0, 0.05) is 23.3 Å². The summed E-state index contributed by atoms with van der Waals surface area (Å²) in [6, 6.07) is 10.1. The maximum absolute atomic E-state index is 13.1. The van der Waals surface area contributed by atoms with Crippen molar-refractivity contribution in [1.29, 1.82) is 0 Å². The van der Waals surface area contributed by atoms with Gasteiger partial charge < -0.3 is 10.2 Å². The van der Waals surface area contributed by atoms with E-state index in [1.54, 1.807) is 23.5 Å². The van der Waals surface area contributed by atoms with Gasteiger partial charge in [-0.3, -0.25) is 9.78 Å². The minimum Gasteiger partial charge on any atom is -0.334 e. The lowest BCUT2D eigenvalue weighted by molar-refractivity contribution is -0.131. The average molecular weight is 411 g/mol. The summed E-state index contributed by atoms with van der Waals surface area (Å²) in [5, 5.41) is 6.19. The van der Waals surface area contributed by atoms with Crippen LogP contribution in [0.25, 0.3) is 0 Å². The van der Waals surface area contributed by atoms with E-state index in [9.17, 15) is 9.18 Å². The highest BCUT2D eigenvalue weighted by atomic mass is 32.1. The van der Waals surface area contributed by atoms with Gasteiger partial charge in [0.25, 0.3) is 0 Å². The number of amides is 1. The lowest BCUT2D eigenvalue weighted by Crippen LogP contribution is -2.32. The van der Waals surface area contributed by atoms with E-state index < -0.39 is 0 Å². The Kier molecular flexibility index (Phi) is 5.58. The summed E-state index contributed by atoms with van der Waals surface area (Å²) in [5.74, 6) is -0.243. The van der Waals surface area contributed by atoms with Gasteiger partial charge in [-0.15, -0.1) is 11.3 Å². The third-order valence-corrected chi connectivity index (χ3v) is 5.90. The molecule has 0 spiro atoms. The summed E-state index contributed by atoms with van der Waals surface area (Å²) >= 11 is 1.56. The number of nitrogens with one attached hydrogen (secondary N) is 1. The fourth-order valence-corrected chi connectivity index (χ4v) is 4.43. The highest BCUT2D eigenvalue weighted by Crippen LogP contribution is 2.33. The van der Waals surface area contributed by atoms with Gasteiger partial charge in [-0.25, -0.2) is 9.37 Å². The van der Waals surface area contributed by atoms with Gasteiger partial charge >= 0.3 is 0 Å². The molecule has 0 bridgehead atoms. The Morgan fingerprint density at radius 1 is 1.21 bits per heavy atom. The van der Waals surface area contributed by atoms with Crippen molar-refractivity contribution in [2.45, 2.75) is 39.2 Å². The van der Waals surface area contributed by atoms with Gasteiger partial charge in [0.05, 0.1) is 23.9 Å². The van der Waals surface area contributed by atoms with E-state index in [4.69, 9.17) is 4.98 Å². The lowest BCUT2D eigenvalue weighted by atomic mass is 10.1. The van der Waals surface area contributed by atoms with Crippen LogP contribution in [0.5, 0.6) is 0 Å². The number of hydrogen-bond acceptors (Lipinski definition) is 5. The third-order valence-electron chi connectivity index (χ3n) is 5.03. The highest BCUT2D eigenvalue weighted by Gasteiger charge is 2.31. The SMILES string of the molecule is Cc1cc(Nc2nc(C)cs2)cc(C2CCCN2C(=O)Cc2ccc(F)cc2)n1. The maximum Gasteiger partial charge on any atom is 0.227 e. The summed E-state index contributed by atoms with van der Waals surface area (Å²) in [4.78, 5) is 24.0. The van der Waals surface area contributed by atoms with Gasteiger partial charge in [0.1, 0.15) is 5.82 Å². The number of likely N-dealkylation sites (tertiary alicyclic amines) is 1. The van der Waals surface area contributed by atoms with E-state index in [0.29, 0.717) is 0 Å². The average Bonchev–Trinajstić information content (AvgIpc) is 3.32. The lowest BCUT2D eigenvalue weighted by Gasteiger charge is -2.25. The van der Waals surface area contributed by atoms with Crippen LogP contribution in [0.15, 0.2) is 41.8 Å². The number of nitrogens with zero attached hydrogens (tertiary/aromatic N) is 3. The summed E-state index contributed by atoms with van der Waals surface area (Å²) in [6.45, 7) is 4.64. The van der Waals surface area contributed by atoms with Crippen LogP contribution in [0.2, 0.25) is 0 Å². The van der Waals surface area contributed by atoms with E-state index in [1.165, 1.54) is 12.1 Å². The molecule has 4 rings (SSSR count). The zero-order valence-electron chi connectivity index (χ0n) is 16.5. The second-order valence-corrected chi connectivity index (χ2v) is 8.25. The summed E-state index contributed by atoms with van der Waals surface area (Å²) in [6.07, 6.45) is 2.11. The molecule has 1 N–H and O–H groups in total. The van der Waals surface area contributed by atoms with Crippen LogP contribution in [0, 0.1) is 19.7 Å². The van der Waals surface area contributed by atoms with E-state index in [1.807, 2.05) is 36.3 Å². The standard InChI is InChI=1S/C22H23FN4OS/c1-14-10-18(26-22-25-15(2)13-29-22)12-19(24-14)20-4-3-9-27(20)21(28)11-16-5-7-17(23)8-6-16/h5-8,10,12-13,20H,3-4,9,11H2,1-2H3,(H,24,25,26). The van der Waals surface area contributed by atoms with E-state index in [0.717, 1.165) is 52.9 Å². The van der Waals surface area contributed by atoms with Crippen molar-refractivity contribution >= 4 is 28.1 Å². The molecule has 1 saturated heterocycles. The van der Waals surface area contributed by atoms with Crippen molar-refractivity contribution in [3.05, 3.63) is 70.2 Å². The predicted octanol–water partition coefficient (Wildman–Crippen LogP) is 4.94. The molecule has 1 unspecified atom stereocenters. The van der Waals surface area contributed by atoms with Crippen molar-refractivity contribution < 1.29 is 9.18 Å². The largest absolute Gasteiger partial charge is 0.334 e. The molecule has 3 heterocycles. The Balaban J connectivity index is 1.53. The molecule has 1 amide bonds. The topological polar surface area (TPSA) is 58.1 Å². The van der Waals surface area contributed by atoms with Crippen molar-refractivity contribution in [3.8, 4) is 0 Å². The monoisotopic (exact) mass is 410 g/mol. The van der Waals surface area contributed by atoms with E-state index in [-0.39, 0.29) is 24.2 Å². The minimum atomic E-state index is -0.292. The molecule has 1 atom stereocenters. The third kappa shape index (κ3) is 4.62. The smallest absolute Gasteiger partial charge is 0.227 e. The first-order valence-corrected chi connectivity index (χ1v) is 10.6. The number of anilines is 2. The second kappa shape index (κ2) is 8.29. The fourth-order valence-electron chi connectivity index (χ4n) is 3.72. The first kappa shape index (κ1) is 19.5. The molecule has 1 aliphatic rings. The Hall–Kier alpha value is -2.80. The predicted molar refractivity (Wildman–Crippen MR) is 113 cm³/mol. The molecule has 1 aromatic carbocycles. The number of pyridine rings is 1. The van der Waals surface area contributed by atoms with Crippen LogP contribution >= 0.6 is 11.3 Å². The van der Waals surface area contributed by atoms with Crippen molar-refractivity contribution in [3.63, 3.8) is 0 Å². The Morgan fingerprint density at radius 3 is 2.72 bits per heavy atom. The van der Waals surface area contributed by atoms with Crippen LogP contribution < -0.4 is 5.32 Å². The van der Waals surface area contributed by atoms with E-state index >= 15 is 0 Å². The van der Waals surface area contributed by atoms with Crippen LogP contribution in [0.1, 0.15) is 41.5 Å². The minimum absolute atomic E-state index is 0.0403. The first-order valence-electron chi connectivity index (χ1n) is 9.69. The Bertz CT molecular complexity index is 1020. The highest BCUT2D eigenvalue weighted by molar-refractivity contribution is 7.13. The van der Waals surface area contributed by atoms with Gasteiger partial charge in [0.15, 0.2) is 5.13 Å². The normalized spacial score (nSPS) is 16.2. The molecular formula is C22H23FN4OS. The van der Waals surface area contributed by atoms with Gasteiger partial charge in [-0.05, 0) is 56.5 Å². The Morgan fingerprint density at radius 2 is 2.00 bits per heavy atom. The molecule has 2 aromatic heterocycles. The molecule has 3 aromatic rings. The number of benzene rings is 1. The number of aryl methyl sites for hydroxylation is 2. The number of carbonyl (C=O) groups is 1. The summed E-state index contributed by atoms with van der Waals surface area (Å²) in [7, 11) is 0. The quantitative estimate of drug-likeness (QED) is 0.647. The fraction of sp³-hybridized carbons (Fsp3) is 0.318. The van der Waals surface area contributed by atoms with Gasteiger partial charge in [0.2, 0.25) is 5.91 Å². The molecule has 0 aliphatic carbocycles. The van der Waals surface area contributed by atoms with Crippen LogP contribution in [-0.4, -0.2) is 27.3 Å². The van der Waals surface area contributed by atoms with Crippen LogP contribution in [0.4, 0.5) is 15.2 Å². The number of halogens is 1. The number of aromatic nitrogens is 2. The zero-order valence-corrected chi connectivity index (χ0v) is 17.3. The zero-order chi connectivity index (χ0) is 20.4. The molecule has 150 valence electrons. The Labute approximate surface area is 173 Å². The molecule has 1 aliphatic heterocycles. The summed E-state index contributed by atoms with van der Waals surface area (Å²) in [5.41, 5.74) is 4.53.